The highest BCUT2D eigenvalue weighted by Crippen LogP contribution is 2.24. The molecule has 1 aliphatic heterocycles. The van der Waals surface area contributed by atoms with Gasteiger partial charge < -0.3 is 30.1 Å². The summed E-state index contributed by atoms with van der Waals surface area (Å²) in [6.45, 7) is 1.30. The molecule has 1 aliphatic rings. The van der Waals surface area contributed by atoms with Crippen molar-refractivity contribution in [3.63, 3.8) is 0 Å². The molecule has 1 aromatic heterocycles. The smallest absolute Gasteiger partial charge is 0.217 e. The summed E-state index contributed by atoms with van der Waals surface area (Å²) < 4.78 is 12.0. The first kappa shape index (κ1) is 19.2. The van der Waals surface area contributed by atoms with Gasteiger partial charge in [0.15, 0.2) is 6.29 Å². The molecule has 2 aromatic rings. The molecule has 1 amide bonds. The Hall–Kier alpha value is -2.53. The van der Waals surface area contributed by atoms with Gasteiger partial charge in [0.05, 0.1) is 19.9 Å². The Morgan fingerprint density at radius 1 is 1.33 bits per heavy atom. The number of rotatable bonds is 5. The van der Waals surface area contributed by atoms with Gasteiger partial charge in [-0.15, -0.1) is 5.10 Å². The maximum atomic E-state index is 11.2. The summed E-state index contributed by atoms with van der Waals surface area (Å²) in [5, 5.41) is 40.9. The van der Waals surface area contributed by atoms with Gasteiger partial charge in [-0.05, 0) is 12.1 Å². The van der Waals surface area contributed by atoms with Crippen LogP contribution < -0.4 is 10.1 Å². The normalized spacial score (nSPS) is 28.0. The molecule has 1 saturated heterocycles. The molecule has 0 radical (unpaired) electrons. The van der Waals surface area contributed by atoms with Crippen LogP contribution in [0, 0.1) is 0 Å². The van der Waals surface area contributed by atoms with E-state index in [9.17, 15) is 20.1 Å². The molecule has 1 fully saturated rings. The quantitative estimate of drug-likeness (QED) is 0.514. The van der Waals surface area contributed by atoms with Crippen LogP contribution >= 0.6 is 0 Å². The molecule has 0 saturated carbocycles. The third kappa shape index (κ3) is 4.25. The molecule has 0 bridgehead atoms. The molecule has 10 heteroatoms. The zero-order chi connectivity index (χ0) is 19.6. The van der Waals surface area contributed by atoms with E-state index in [4.69, 9.17) is 9.47 Å². The fourth-order valence-electron chi connectivity index (χ4n) is 2.97. The Balaban J connectivity index is 1.71. The van der Waals surface area contributed by atoms with E-state index in [1.807, 2.05) is 24.3 Å². The van der Waals surface area contributed by atoms with Gasteiger partial charge in [-0.3, -0.25) is 4.79 Å². The highest BCUT2D eigenvalue weighted by molar-refractivity contribution is 5.73. The highest BCUT2D eigenvalue weighted by Gasteiger charge is 2.44. The van der Waals surface area contributed by atoms with Crippen molar-refractivity contribution in [2.24, 2.45) is 0 Å². The lowest BCUT2D eigenvalue weighted by atomic mass is 9.96. The number of aliphatic hydroxyl groups is 3. The Morgan fingerprint density at radius 3 is 2.81 bits per heavy atom. The Kier molecular flexibility index (Phi) is 5.71. The Bertz CT molecular complexity index is 797. The maximum absolute atomic E-state index is 11.2. The SMILES string of the molecule is COc1cccc(-c2cn(C[C@H]3OC(O)[C@H](NC(C)=O)[C@@H](O)[C@H]3O)nn2)c1. The minimum absolute atomic E-state index is 0.0546. The average Bonchev–Trinajstić information content (AvgIpc) is 3.11. The number of hydrogen-bond donors (Lipinski definition) is 4. The van der Waals surface area contributed by atoms with Crippen LogP contribution in [0.3, 0.4) is 0 Å². The minimum atomic E-state index is -1.46. The second kappa shape index (κ2) is 8.01. The number of carbonyl (C=O) groups is 1. The molecular weight excluding hydrogens is 356 g/mol. The summed E-state index contributed by atoms with van der Waals surface area (Å²) >= 11 is 0. The van der Waals surface area contributed by atoms with Crippen LogP contribution in [0.5, 0.6) is 5.75 Å². The molecule has 3 rings (SSSR count). The van der Waals surface area contributed by atoms with E-state index < -0.39 is 36.6 Å². The molecule has 4 N–H and O–H groups in total. The Labute approximate surface area is 155 Å². The monoisotopic (exact) mass is 378 g/mol. The van der Waals surface area contributed by atoms with E-state index in [1.54, 1.807) is 13.3 Å². The topological polar surface area (TPSA) is 139 Å². The van der Waals surface area contributed by atoms with Crippen LogP contribution in [0.4, 0.5) is 0 Å². The molecule has 10 nitrogen and oxygen atoms in total. The number of nitrogens with zero attached hydrogens (tertiary/aromatic N) is 3. The number of aliphatic hydroxyl groups excluding tert-OH is 3. The third-order valence-corrected chi connectivity index (χ3v) is 4.36. The second-order valence-corrected chi connectivity index (χ2v) is 6.33. The predicted octanol–water partition coefficient (Wildman–Crippen LogP) is -1.10. The lowest BCUT2D eigenvalue weighted by Gasteiger charge is -2.40. The van der Waals surface area contributed by atoms with Crippen molar-refractivity contribution in [1.82, 2.24) is 20.3 Å². The van der Waals surface area contributed by atoms with Crippen LogP contribution in [0.2, 0.25) is 0 Å². The van der Waals surface area contributed by atoms with Crippen molar-refractivity contribution < 1.29 is 29.6 Å². The predicted molar refractivity (Wildman–Crippen MR) is 92.5 cm³/mol. The largest absolute Gasteiger partial charge is 0.497 e. The lowest BCUT2D eigenvalue weighted by Crippen LogP contribution is -2.63. The first-order valence-corrected chi connectivity index (χ1v) is 8.40. The number of hydrogen-bond acceptors (Lipinski definition) is 8. The fraction of sp³-hybridized carbons (Fsp3) is 0.471. The molecule has 5 atom stereocenters. The number of nitrogens with one attached hydrogen (secondary N) is 1. The minimum Gasteiger partial charge on any atom is -0.497 e. The number of benzene rings is 1. The number of aromatic nitrogens is 3. The number of carbonyl (C=O) groups excluding carboxylic acids is 1. The van der Waals surface area contributed by atoms with Crippen LogP contribution in [-0.2, 0) is 16.1 Å². The van der Waals surface area contributed by atoms with Gasteiger partial charge in [0.25, 0.3) is 0 Å². The van der Waals surface area contributed by atoms with E-state index in [-0.39, 0.29) is 6.54 Å². The summed E-state index contributed by atoms with van der Waals surface area (Å²) in [6.07, 6.45) is -3.44. The van der Waals surface area contributed by atoms with E-state index in [1.165, 1.54) is 11.6 Å². The molecule has 1 aromatic carbocycles. The van der Waals surface area contributed by atoms with Gasteiger partial charge in [-0.25, -0.2) is 4.68 Å². The summed E-state index contributed by atoms with van der Waals surface area (Å²) in [5.74, 6) is 0.231. The van der Waals surface area contributed by atoms with Crippen LogP contribution in [0.25, 0.3) is 11.3 Å². The first-order chi connectivity index (χ1) is 12.9. The summed E-state index contributed by atoms with van der Waals surface area (Å²) in [7, 11) is 1.57. The Morgan fingerprint density at radius 2 is 2.11 bits per heavy atom. The van der Waals surface area contributed by atoms with E-state index >= 15 is 0 Å². The molecule has 0 spiro atoms. The van der Waals surface area contributed by atoms with Crippen molar-refractivity contribution in [3.8, 4) is 17.0 Å². The molecule has 27 heavy (non-hydrogen) atoms. The van der Waals surface area contributed by atoms with Gasteiger partial charge in [-0.2, -0.15) is 0 Å². The van der Waals surface area contributed by atoms with Gasteiger partial charge in [0, 0.05) is 12.5 Å². The van der Waals surface area contributed by atoms with Gasteiger partial charge >= 0.3 is 0 Å². The zero-order valence-electron chi connectivity index (χ0n) is 14.9. The average molecular weight is 378 g/mol. The van der Waals surface area contributed by atoms with Crippen LogP contribution in [0.1, 0.15) is 6.92 Å². The van der Waals surface area contributed by atoms with E-state index in [2.05, 4.69) is 15.6 Å². The van der Waals surface area contributed by atoms with Crippen molar-refractivity contribution in [1.29, 1.82) is 0 Å². The summed E-state index contributed by atoms with van der Waals surface area (Å²) in [6, 6.07) is 6.20. The maximum Gasteiger partial charge on any atom is 0.217 e. The third-order valence-electron chi connectivity index (χ3n) is 4.36. The summed E-state index contributed by atoms with van der Waals surface area (Å²) in [4.78, 5) is 11.2. The van der Waals surface area contributed by atoms with Crippen LogP contribution in [-0.4, -0.2) is 74.0 Å². The number of amides is 1. The van der Waals surface area contributed by atoms with Crippen molar-refractivity contribution in [3.05, 3.63) is 30.5 Å². The van der Waals surface area contributed by atoms with E-state index in [0.29, 0.717) is 11.4 Å². The fourth-order valence-corrected chi connectivity index (χ4v) is 2.97. The van der Waals surface area contributed by atoms with Gasteiger partial charge in [0.2, 0.25) is 5.91 Å². The molecule has 1 unspecified atom stereocenters. The molecular formula is C17H22N4O6. The van der Waals surface area contributed by atoms with Gasteiger partial charge in [-0.1, -0.05) is 17.3 Å². The highest BCUT2D eigenvalue weighted by atomic mass is 16.6. The lowest BCUT2D eigenvalue weighted by molar-refractivity contribution is -0.250. The molecule has 2 heterocycles. The van der Waals surface area contributed by atoms with Crippen molar-refractivity contribution in [2.75, 3.05) is 7.11 Å². The number of methoxy groups -OCH3 is 1. The summed E-state index contributed by atoms with van der Waals surface area (Å²) in [5.41, 5.74) is 1.40. The standard InChI is InChI=1S/C17H22N4O6/c1-9(22)18-14-16(24)15(23)13(27-17(14)25)8-21-7-12(19-20-21)10-4-3-5-11(6-10)26-2/h3-7,13-17,23-25H,8H2,1-2H3,(H,18,22)/t13-,14-,15+,16-,17?/m1/s1. The second-order valence-electron chi connectivity index (χ2n) is 6.33. The van der Waals surface area contributed by atoms with E-state index in [0.717, 1.165) is 5.56 Å². The first-order valence-electron chi connectivity index (χ1n) is 8.40. The molecule has 0 aliphatic carbocycles. The van der Waals surface area contributed by atoms with Crippen molar-refractivity contribution in [2.45, 2.75) is 44.1 Å². The zero-order valence-corrected chi connectivity index (χ0v) is 14.9. The van der Waals surface area contributed by atoms with Crippen molar-refractivity contribution >= 4 is 5.91 Å². The van der Waals surface area contributed by atoms with Crippen LogP contribution in [0.15, 0.2) is 30.5 Å². The van der Waals surface area contributed by atoms with Gasteiger partial charge in [0.1, 0.15) is 35.8 Å². The number of ether oxygens (including phenoxy) is 2. The molecule has 146 valence electrons.